The molecule has 120 valence electrons. The van der Waals surface area contributed by atoms with Gasteiger partial charge in [0.1, 0.15) is 12.4 Å². The number of nitrogens with zero attached hydrogens (tertiary/aromatic N) is 1. The summed E-state index contributed by atoms with van der Waals surface area (Å²) in [5.41, 5.74) is 2.09. The van der Waals surface area contributed by atoms with Crippen molar-refractivity contribution in [1.29, 1.82) is 0 Å². The van der Waals surface area contributed by atoms with Gasteiger partial charge in [0.25, 0.3) is 0 Å². The van der Waals surface area contributed by atoms with Crippen LogP contribution in [0.15, 0.2) is 18.2 Å². The number of ether oxygens (including phenoxy) is 1. The highest BCUT2D eigenvalue weighted by molar-refractivity contribution is 5.95. The summed E-state index contributed by atoms with van der Waals surface area (Å²) in [4.78, 5) is 14.7. The fourth-order valence-electron chi connectivity index (χ4n) is 3.55. The Hall–Kier alpha value is -1.55. The number of rotatable bonds is 3. The van der Waals surface area contributed by atoms with E-state index in [-0.39, 0.29) is 5.91 Å². The monoisotopic (exact) mass is 302 g/mol. The molecule has 1 atom stereocenters. The SMILES string of the molecule is Cc1ccc2c(c1)OCCN2C(=O)CC(C)C1CCNCC1. The lowest BCUT2D eigenvalue weighted by Gasteiger charge is -2.33. The number of benzene rings is 1. The summed E-state index contributed by atoms with van der Waals surface area (Å²) >= 11 is 0. The first kappa shape index (κ1) is 15.3. The highest BCUT2D eigenvalue weighted by atomic mass is 16.5. The maximum absolute atomic E-state index is 12.8. The first-order chi connectivity index (χ1) is 10.6. The third-order valence-electron chi connectivity index (χ3n) is 4.96. The quantitative estimate of drug-likeness (QED) is 0.933. The molecular formula is C18H26N2O2. The lowest BCUT2D eigenvalue weighted by atomic mass is 9.84. The van der Waals surface area contributed by atoms with E-state index in [1.165, 1.54) is 12.8 Å². The summed E-state index contributed by atoms with van der Waals surface area (Å²) in [6, 6.07) is 6.08. The van der Waals surface area contributed by atoms with Crippen molar-refractivity contribution in [3.63, 3.8) is 0 Å². The van der Waals surface area contributed by atoms with Gasteiger partial charge >= 0.3 is 0 Å². The molecule has 1 amide bonds. The van der Waals surface area contributed by atoms with E-state index in [1.54, 1.807) is 0 Å². The van der Waals surface area contributed by atoms with Crippen molar-refractivity contribution in [2.75, 3.05) is 31.1 Å². The number of aryl methyl sites for hydroxylation is 1. The van der Waals surface area contributed by atoms with Gasteiger partial charge < -0.3 is 15.0 Å². The summed E-state index contributed by atoms with van der Waals surface area (Å²) in [6.07, 6.45) is 3.01. The number of carbonyl (C=O) groups excluding carboxylic acids is 1. The van der Waals surface area contributed by atoms with E-state index in [1.807, 2.05) is 30.0 Å². The number of amides is 1. The molecule has 2 heterocycles. The predicted octanol–water partition coefficient (Wildman–Crippen LogP) is 2.75. The number of nitrogens with one attached hydrogen (secondary N) is 1. The molecular weight excluding hydrogens is 276 g/mol. The predicted molar refractivity (Wildman–Crippen MR) is 88.4 cm³/mol. The van der Waals surface area contributed by atoms with E-state index >= 15 is 0 Å². The average molecular weight is 302 g/mol. The van der Waals surface area contributed by atoms with Gasteiger partial charge in [0.2, 0.25) is 5.91 Å². The van der Waals surface area contributed by atoms with Crippen molar-refractivity contribution in [3.05, 3.63) is 23.8 Å². The summed E-state index contributed by atoms with van der Waals surface area (Å²) in [7, 11) is 0. The molecule has 1 saturated heterocycles. The Morgan fingerprint density at radius 3 is 2.95 bits per heavy atom. The van der Waals surface area contributed by atoms with Crippen molar-refractivity contribution < 1.29 is 9.53 Å². The van der Waals surface area contributed by atoms with Gasteiger partial charge in [-0.25, -0.2) is 0 Å². The molecule has 2 aliphatic rings. The van der Waals surface area contributed by atoms with Crippen molar-refractivity contribution in [1.82, 2.24) is 5.32 Å². The third-order valence-corrected chi connectivity index (χ3v) is 4.96. The Morgan fingerprint density at radius 2 is 2.18 bits per heavy atom. The van der Waals surface area contributed by atoms with Crippen LogP contribution in [0.2, 0.25) is 0 Å². The second-order valence-corrected chi connectivity index (χ2v) is 6.63. The highest BCUT2D eigenvalue weighted by Gasteiger charge is 2.27. The van der Waals surface area contributed by atoms with Gasteiger partial charge in [-0.15, -0.1) is 0 Å². The van der Waals surface area contributed by atoms with Crippen molar-refractivity contribution in [2.24, 2.45) is 11.8 Å². The fraction of sp³-hybridized carbons (Fsp3) is 0.611. The second kappa shape index (κ2) is 6.69. The summed E-state index contributed by atoms with van der Waals surface area (Å²) in [5, 5.41) is 3.39. The van der Waals surface area contributed by atoms with Crippen molar-refractivity contribution in [2.45, 2.75) is 33.1 Å². The van der Waals surface area contributed by atoms with Gasteiger partial charge in [0.05, 0.1) is 12.2 Å². The zero-order valence-corrected chi connectivity index (χ0v) is 13.6. The third kappa shape index (κ3) is 3.27. The summed E-state index contributed by atoms with van der Waals surface area (Å²) in [6.45, 7) is 7.69. The molecule has 2 aliphatic heterocycles. The molecule has 3 rings (SSSR count). The van der Waals surface area contributed by atoms with E-state index in [4.69, 9.17) is 4.74 Å². The van der Waals surface area contributed by atoms with Crippen LogP contribution in [0.1, 0.15) is 31.7 Å². The normalized spacial score (nSPS) is 20.2. The molecule has 0 aromatic heterocycles. The number of hydrogen-bond acceptors (Lipinski definition) is 3. The molecule has 1 aromatic rings. The molecule has 0 aliphatic carbocycles. The first-order valence-electron chi connectivity index (χ1n) is 8.39. The molecule has 0 bridgehead atoms. The smallest absolute Gasteiger partial charge is 0.227 e. The molecule has 4 nitrogen and oxygen atoms in total. The second-order valence-electron chi connectivity index (χ2n) is 6.63. The highest BCUT2D eigenvalue weighted by Crippen LogP contribution is 2.34. The van der Waals surface area contributed by atoms with E-state index in [0.717, 1.165) is 30.1 Å². The van der Waals surface area contributed by atoms with Gasteiger partial charge in [-0.1, -0.05) is 13.0 Å². The average Bonchev–Trinajstić information content (AvgIpc) is 2.54. The van der Waals surface area contributed by atoms with Crippen LogP contribution in [0.5, 0.6) is 5.75 Å². The van der Waals surface area contributed by atoms with Crippen molar-refractivity contribution >= 4 is 11.6 Å². The van der Waals surface area contributed by atoms with Gasteiger partial charge in [-0.3, -0.25) is 4.79 Å². The van der Waals surface area contributed by atoms with Crippen LogP contribution >= 0.6 is 0 Å². The zero-order valence-electron chi connectivity index (χ0n) is 13.6. The number of carbonyl (C=O) groups is 1. The minimum absolute atomic E-state index is 0.236. The van der Waals surface area contributed by atoms with Gasteiger partial charge in [0, 0.05) is 6.42 Å². The fourth-order valence-corrected chi connectivity index (χ4v) is 3.55. The van der Waals surface area contributed by atoms with Crippen LogP contribution in [0.3, 0.4) is 0 Å². The van der Waals surface area contributed by atoms with Gasteiger partial charge in [-0.05, 0) is 62.4 Å². The molecule has 0 radical (unpaired) electrons. The van der Waals surface area contributed by atoms with Crippen LogP contribution in [-0.2, 0) is 4.79 Å². The minimum Gasteiger partial charge on any atom is -0.490 e. The number of hydrogen-bond donors (Lipinski definition) is 1. The molecule has 0 spiro atoms. The number of fused-ring (bicyclic) bond motifs is 1. The Kier molecular flexibility index (Phi) is 4.67. The molecule has 0 saturated carbocycles. The van der Waals surface area contributed by atoms with Crippen molar-refractivity contribution in [3.8, 4) is 5.75 Å². The van der Waals surface area contributed by atoms with Crippen LogP contribution in [0.4, 0.5) is 5.69 Å². The molecule has 1 aromatic carbocycles. The zero-order chi connectivity index (χ0) is 15.5. The number of piperidine rings is 1. The Labute approximate surface area is 132 Å². The molecule has 22 heavy (non-hydrogen) atoms. The van der Waals surface area contributed by atoms with E-state index in [2.05, 4.69) is 12.2 Å². The standard InChI is InChI=1S/C18H26N2O2/c1-13-3-4-16-17(11-13)22-10-9-20(16)18(21)12-14(2)15-5-7-19-8-6-15/h3-4,11,14-15,19H,5-10,12H2,1-2H3. The Morgan fingerprint density at radius 1 is 1.41 bits per heavy atom. The summed E-state index contributed by atoms with van der Waals surface area (Å²) in [5.74, 6) is 2.20. The maximum atomic E-state index is 12.8. The molecule has 1 fully saturated rings. The van der Waals surface area contributed by atoms with E-state index < -0.39 is 0 Å². The molecule has 4 heteroatoms. The lowest BCUT2D eigenvalue weighted by Crippen LogP contribution is -2.40. The van der Waals surface area contributed by atoms with Crippen LogP contribution in [0.25, 0.3) is 0 Å². The van der Waals surface area contributed by atoms with Crippen LogP contribution in [0, 0.1) is 18.8 Å². The van der Waals surface area contributed by atoms with Gasteiger partial charge in [-0.2, -0.15) is 0 Å². The largest absolute Gasteiger partial charge is 0.490 e. The molecule has 1 N–H and O–H groups in total. The Bertz CT molecular complexity index is 538. The van der Waals surface area contributed by atoms with Crippen LogP contribution in [-0.4, -0.2) is 32.1 Å². The van der Waals surface area contributed by atoms with E-state index in [0.29, 0.717) is 31.4 Å². The molecule has 1 unspecified atom stereocenters. The minimum atomic E-state index is 0.236. The van der Waals surface area contributed by atoms with E-state index in [9.17, 15) is 4.79 Å². The van der Waals surface area contributed by atoms with Gasteiger partial charge in [0.15, 0.2) is 0 Å². The lowest BCUT2D eigenvalue weighted by molar-refractivity contribution is -0.120. The topological polar surface area (TPSA) is 41.6 Å². The maximum Gasteiger partial charge on any atom is 0.227 e. The number of anilines is 1. The summed E-state index contributed by atoms with van der Waals surface area (Å²) < 4.78 is 5.70. The van der Waals surface area contributed by atoms with Crippen LogP contribution < -0.4 is 15.0 Å². The Balaban J connectivity index is 1.68. The first-order valence-corrected chi connectivity index (χ1v) is 8.39.